The summed E-state index contributed by atoms with van der Waals surface area (Å²) < 4.78 is 10.4. The highest BCUT2D eigenvalue weighted by atomic mass is 16.5. The number of aryl methyl sites for hydroxylation is 1. The second-order valence-electron chi connectivity index (χ2n) is 4.34. The van der Waals surface area contributed by atoms with Crippen molar-refractivity contribution < 1.29 is 19.1 Å². The highest BCUT2D eigenvalue weighted by Crippen LogP contribution is 2.28. The lowest BCUT2D eigenvalue weighted by Gasteiger charge is -2.23. The molecule has 0 N–H and O–H groups in total. The van der Waals surface area contributed by atoms with Crippen molar-refractivity contribution in [3.05, 3.63) is 29.3 Å². The molecule has 0 aliphatic carbocycles. The van der Waals surface area contributed by atoms with Crippen molar-refractivity contribution in [1.29, 1.82) is 0 Å². The van der Waals surface area contributed by atoms with Gasteiger partial charge in [-0.3, -0.25) is 4.79 Å². The molecular formula is C14H16O4. The van der Waals surface area contributed by atoms with Gasteiger partial charge < -0.3 is 9.47 Å². The monoisotopic (exact) mass is 248 g/mol. The molecule has 18 heavy (non-hydrogen) atoms. The van der Waals surface area contributed by atoms with Gasteiger partial charge in [0.1, 0.15) is 5.75 Å². The molecule has 0 aromatic heterocycles. The topological polar surface area (TPSA) is 52.6 Å². The number of hydrogen-bond acceptors (Lipinski definition) is 4. The molecule has 0 fully saturated rings. The van der Waals surface area contributed by atoms with Crippen molar-refractivity contribution in [3.8, 4) is 5.75 Å². The lowest BCUT2D eigenvalue weighted by atomic mass is 10.00. The predicted molar refractivity (Wildman–Crippen MR) is 65.8 cm³/mol. The summed E-state index contributed by atoms with van der Waals surface area (Å²) in [6, 6.07) is 5.12. The van der Waals surface area contributed by atoms with Gasteiger partial charge in [0.05, 0.1) is 12.7 Å². The Morgan fingerprint density at radius 1 is 1.44 bits per heavy atom. The zero-order valence-corrected chi connectivity index (χ0v) is 10.6. The second kappa shape index (κ2) is 5.21. The highest BCUT2D eigenvalue weighted by molar-refractivity contribution is 6.40. The van der Waals surface area contributed by atoms with Gasteiger partial charge in [-0.25, -0.2) is 4.79 Å². The number of Topliss-reactive ketones (excluding diaryl/α,β-unsaturated/α-hetero) is 1. The quantitative estimate of drug-likeness (QED) is 0.467. The zero-order valence-electron chi connectivity index (χ0n) is 10.6. The highest BCUT2D eigenvalue weighted by Gasteiger charge is 2.21. The van der Waals surface area contributed by atoms with E-state index in [0.717, 1.165) is 18.4 Å². The number of hydrogen-bond donors (Lipinski definition) is 0. The molecule has 0 bridgehead atoms. The molecular weight excluding hydrogens is 232 g/mol. The van der Waals surface area contributed by atoms with E-state index in [-0.39, 0.29) is 12.7 Å². The van der Waals surface area contributed by atoms with Crippen LogP contribution < -0.4 is 4.74 Å². The van der Waals surface area contributed by atoms with Gasteiger partial charge in [-0.1, -0.05) is 12.1 Å². The molecule has 1 aromatic carbocycles. The summed E-state index contributed by atoms with van der Waals surface area (Å²) in [5.41, 5.74) is 1.40. The predicted octanol–water partition coefficient (Wildman–Crippen LogP) is 2.15. The maximum atomic E-state index is 11.8. The number of esters is 1. The van der Waals surface area contributed by atoms with E-state index in [2.05, 4.69) is 0 Å². The maximum absolute atomic E-state index is 11.8. The Kier molecular flexibility index (Phi) is 3.65. The first kappa shape index (κ1) is 12.6. The van der Waals surface area contributed by atoms with Crippen molar-refractivity contribution in [2.45, 2.75) is 32.8 Å². The van der Waals surface area contributed by atoms with E-state index in [4.69, 9.17) is 9.47 Å². The Hall–Kier alpha value is -1.84. The van der Waals surface area contributed by atoms with Gasteiger partial charge in [0, 0.05) is 5.56 Å². The van der Waals surface area contributed by atoms with Gasteiger partial charge in [-0.05, 0) is 38.3 Å². The maximum Gasteiger partial charge on any atom is 0.379 e. The summed E-state index contributed by atoms with van der Waals surface area (Å²) in [6.45, 7) is 3.86. The molecule has 1 aliphatic heterocycles. The molecule has 4 heteroatoms. The lowest BCUT2D eigenvalue weighted by molar-refractivity contribution is -0.137. The minimum Gasteiger partial charge on any atom is -0.490 e. The molecule has 1 aromatic rings. The van der Waals surface area contributed by atoms with Crippen LogP contribution in [0.4, 0.5) is 0 Å². The van der Waals surface area contributed by atoms with Gasteiger partial charge in [-0.2, -0.15) is 0 Å². The first-order chi connectivity index (χ1) is 8.61. The molecule has 2 rings (SSSR count). The molecule has 1 atom stereocenters. The number of carbonyl (C=O) groups is 2. The van der Waals surface area contributed by atoms with E-state index in [0.29, 0.717) is 11.3 Å². The first-order valence-electron chi connectivity index (χ1n) is 6.13. The van der Waals surface area contributed by atoms with E-state index in [1.165, 1.54) is 0 Å². The van der Waals surface area contributed by atoms with Crippen molar-refractivity contribution in [2.75, 3.05) is 6.61 Å². The number of ether oxygens (including phenoxy) is 2. The number of ketones is 1. The normalized spacial score (nSPS) is 17.6. The summed E-state index contributed by atoms with van der Waals surface area (Å²) in [7, 11) is 0. The van der Waals surface area contributed by atoms with Gasteiger partial charge >= 0.3 is 5.97 Å². The number of carbonyl (C=O) groups excluding carboxylic acids is 2. The molecule has 0 saturated carbocycles. The molecule has 0 radical (unpaired) electrons. The number of rotatable bonds is 3. The molecule has 1 heterocycles. The summed E-state index contributed by atoms with van der Waals surface area (Å²) >= 11 is 0. The van der Waals surface area contributed by atoms with E-state index >= 15 is 0 Å². The van der Waals surface area contributed by atoms with Gasteiger partial charge in [0.15, 0.2) is 0 Å². The number of benzene rings is 1. The Bertz CT molecular complexity index is 479. The fourth-order valence-electron chi connectivity index (χ4n) is 1.96. The molecule has 96 valence electrons. The van der Waals surface area contributed by atoms with Crippen molar-refractivity contribution in [1.82, 2.24) is 0 Å². The first-order valence-corrected chi connectivity index (χ1v) is 6.13. The third-order valence-electron chi connectivity index (χ3n) is 2.94. The van der Waals surface area contributed by atoms with Crippen LogP contribution in [-0.2, 0) is 16.0 Å². The van der Waals surface area contributed by atoms with Crippen LogP contribution in [0, 0.1) is 0 Å². The summed E-state index contributed by atoms with van der Waals surface area (Å²) in [5.74, 6) is -0.744. The van der Waals surface area contributed by atoms with Crippen LogP contribution in [-0.4, -0.2) is 24.5 Å². The van der Waals surface area contributed by atoms with Crippen LogP contribution >= 0.6 is 0 Å². The van der Waals surface area contributed by atoms with Crippen molar-refractivity contribution in [3.63, 3.8) is 0 Å². The molecule has 0 spiro atoms. The van der Waals surface area contributed by atoms with Crippen LogP contribution in [0.25, 0.3) is 0 Å². The third-order valence-corrected chi connectivity index (χ3v) is 2.94. The largest absolute Gasteiger partial charge is 0.490 e. The average Bonchev–Trinajstić information content (AvgIpc) is 2.37. The Balaban J connectivity index is 2.23. The Morgan fingerprint density at radius 3 is 2.94 bits per heavy atom. The van der Waals surface area contributed by atoms with E-state index < -0.39 is 11.8 Å². The van der Waals surface area contributed by atoms with Gasteiger partial charge in [-0.15, -0.1) is 0 Å². The van der Waals surface area contributed by atoms with Gasteiger partial charge in [0.25, 0.3) is 5.78 Å². The molecule has 1 aliphatic rings. The van der Waals surface area contributed by atoms with Crippen molar-refractivity contribution in [2.24, 2.45) is 0 Å². The van der Waals surface area contributed by atoms with E-state index in [9.17, 15) is 9.59 Å². The molecule has 0 amide bonds. The smallest absolute Gasteiger partial charge is 0.379 e. The van der Waals surface area contributed by atoms with Crippen LogP contribution in [0.3, 0.4) is 0 Å². The van der Waals surface area contributed by atoms with Crippen LogP contribution in [0.5, 0.6) is 5.75 Å². The molecule has 0 saturated heterocycles. The standard InChI is InChI=1S/C14H16O4/c1-3-17-14(16)13(15)11-7-6-10-5-4-9(2)18-12(10)8-11/h6-9H,3-5H2,1-2H3. The minimum absolute atomic E-state index is 0.144. The SMILES string of the molecule is CCOC(=O)C(=O)c1ccc2c(c1)OC(C)CC2. The van der Waals surface area contributed by atoms with Crippen LogP contribution in [0.15, 0.2) is 18.2 Å². The average molecular weight is 248 g/mol. The Morgan fingerprint density at radius 2 is 2.22 bits per heavy atom. The summed E-state index contributed by atoms with van der Waals surface area (Å²) in [5, 5.41) is 0. The molecule has 4 nitrogen and oxygen atoms in total. The Labute approximate surface area is 106 Å². The summed E-state index contributed by atoms with van der Waals surface area (Å²) in [6.07, 6.45) is 2.05. The molecule has 1 unspecified atom stereocenters. The van der Waals surface area contributed by atoms with Gasteiger partial charge in [0.2, 0.25) is 0 Å². The minimum atomic E-state index is -0.818. The van der Waals surface area contributed by atoms with Crippen molar-refractivity contribution >= 4 is 11.8 Å². The number of fused-ring (bicyclic) bond motifs is 1. The lowest BCUT2D eigenvalue weighted by Crippen LogP contribution is -2.21. The van der Waals surface area contributed by atoms with E-state index in [1.54, 1.807) is 19.1 Å². The van der Waals surface area contributed by atoms with Crippen LogP contribution in [0.1, 0.15) is 36.2 Å². The van der Waals surface area contributed by atoms with Crippen LogP contribution in [0.2, 0.25) is 0 Å². The fraction of sp³-hybridized carbons (Fsp3) is 0.429. The third kappa shape index (κ3) is 2.53. The zero-order chi connectivity index (χ0) is 13.1. The van der Waals surface area contributed by atoms with E-state index in [1.807, 2.05) is 13.0 Å². The summed E-state index contributed by atoms with van der Waals surface area (Å²) in [4.78, 5) is 23.1. The fourth-order valence-corrected chi connectivity index (χ4v) is 1.96. The second-order valence-corrected chi connectivity index (χ2v) is 4.34.